The van der Waals surface area contributed by atoms with Gasteiger partial charge in [-0.3, -0.25) is 9.78 Å². The van der Waals surface area contributed by atoms with Crippen molar-refractivity contribution in [2.24, 2.45) is 5.92 Å². The molecule has 2 aromatic heterocycles. The third-order valence-electron chi connectivity index (χ3n) is 4.11. The van der Waals surface area contributed by atoms with Crippen LogP contribution in [0.25, 0.3) is 0 Å². The molecule has 0 aliphatic heterocycles. The number of aryl methyl sites for hydroxylation is 1. The van der Waals surface area contributed by atoms with Crippen molar-refractivity contribution >= 4 is 5.91 Å². The number of nitrogens with zero attached hydrogens (tertiary/aromatic N) is 3. The molecule has 2 N–H and O–H groups in total. The van der Waals surface area contributed by atoms with Crippen LogP contribution < -0.4 is 0 Å². The number of amides is 1. The summed E-state index contributed by atoms with van der Waals surface area (Å²) in [6, 6.07) is 3.80. The molecular weight excluding hydrogens is 280 g/mol. The lowest BCUT2D eigenvalue weighted by molar-refractivity contribution is -0.137. The summed E-state index contributed by atoms with van der Waals surface area (Å²) in [5.41, 5.74) is 3.11. The molecule has 1 aliphatic carbocycles. The molecule has 1 aliphatic rings. The van der Waals surface area contributed by atoms with E-state index in [2.05, 4.69) is 15.0 Å². The number of hydrogen-bond acceptors (Lipinski definition) is 4. The standard InChI is InChI=1S/C16H20N4O2/c21-7-6-20(10-12-2-1-5-17-9-12)16(22)13-3-4-14-15(8-13)19-11-18-14/h1-2,5,9,11,13,21H,3-4,6-8,10H2,(H,18,19). The minimum Gasteiger partial charge on any atom is -0.395 e. The van der Waals surface area contributed by atoms with Crippen LogP contribution in [0.3, 0.4) is 0 Å². The number of hydrogen-bond donors (Lipinski definition) is 2. The number of rotatable bonds is 5. The van der Waals surface area contributed by atoms with Gasteiger partial charge in [0, 0.05) is 43.5 Å². The van der Waals surface area contributed by atoms with Crippen LogP contribution in [0.15, 0.2) is 30.9 Å². The van der Waals surface area contributed by atoms with Gasteiger partial charge in [-0.05, 0) is 24.5 Å². The van der Waals surface area contributed by atoms with Crippen LogP contribution in [0.5, 0.6) is 0 Å². The second-order valence-corrected chi connectivity index (χ2v) is 5.61. The molecule has 0 bridgehead atoms. The number of aromatic nitrogens is 3. The second-order valence-electron chi connectivity index (χ2n) is 5.61. The number of fused-ring (bicyclic) bond motifs is 1. The third kappa shape index (κ3) is 3.17. The summed E-state index contributed by atoms with van der Waals surface area (Å²) in [7, 11) is 0. The van der Waals surface area contributed by atoms with Crippen LogP contribution in [-0.4, -0.2) is 44.0 Å². The topological polar surface area (TPSA) is 82.1 Å². The van der Waals surface area contributed by atoms with Crippen LogP contribution in [0.4, 0.5) is 0 Å². The maximum Gasteiger partial charge on any atom is 0.226 e. The zero-order chi connectivity index (χ0) is 15.4. The van der Waals surface area contributed by atoms with Gasteiger partial charge in [-0.2, -0.15) is 0 Å². The Balaban J connectivity index is 1.70. The summed E-state index contributed by atoms with van der Waals surface area (Å²) < 4.78 is 0. The SMILES string of the molecule is O=C(C1CCc2nc[nH]c2C1)N(CCO)Cc1cccnc1. The Hall–Kier alpha value is -2.21. The molecule has 6 heteroatoms. The summed E-state index contributed by atoms with van der Waals surface area (Å²) in [5.74, 6) is 0.0503. The first-order chi connectivity index (χ1) is 10.8. The maximum atomic E-state index is 12.8. The highest BCUT2D eigenvalue weighted by Crippen LogP contribution is 2.25. The monoisotopic (exact) mass is 300 g/mol. The Kier molecular flexibility index (Phi) is 4.48. The summed E-state index contributed by atoms with van der Waals surface area (Å²) >= 11 is 0. The summed E-state index contributed by atoms with van der Waals surface area (Å²) in [6.45, 7) is 0.799. The summed E-state index contributed by atoms with van der Waals surface area (Å²) in [6.07, 6.45) is 7.50. The van der Waals surface area contributed by atoms with Crippen molar-refractivity contribution in [2.45, 2.75) is 25.8 Å². The van der Waals surface area contributed by atoms with E-state index >= 15 is 0 Å². The molecule has 0 saturated heterocycles. The fourth-order valence-corrected chi connectivity index (χ4v) is 2.97. The van der Waals surface area contributed by atoms with Gasteiger partial charge in [0.2, 0.25) is 5.91 Å². The lowest BCUT2D eigenvalue weighted by atomic mass is 9.88. The maximum absolute atomic E-state index is 12.8. The van der Waals surface area contributed by atoms with E-state index in [1.165, 1.54) is 0 Å². The average molecular weight is 300 g/mol. The first-order valence-corrected chi connectivity index (χ1v) is 7.57. The van der Waals surface area contributed by atoms with Gasteiger partial charge in [0.05, 0.1) is 18.6 Å². The third-order valence-corrected chi connectivity index (χ3v) is 4.11. The molecule has 1 unspecified atom stereocenters. The number of nitrogens with one attached hydrogen (secondary N) is 1. The molecule has 0 aromatic carbocycles. The Labute approximate surface area is 129 Å². The fraction of sp³-hybridized carbons (Fsp3) is 0.438. The molecule has 0 saturated carbocycles. The quantitative estimate of drug-likeness (QED) is 0.860. The zero-order valence-corrected chi connectivity index (χ0v) is 12.4. The first kappa shape index (κ1) is 14.7. The van der Waals surface area contributed by atoms with Crippen molar-refractivity contribution in [2.75, 3.05) is 13.2 Å². The number of carbonyl (C=O) groups is 1. The van der Waals surface area contributed by atoms with Crippen molar-refractivity contribution in [3.05, 3.63) is 47.8 Å². The van der Waals surface area contributed by atoms with Gasteiger partial charge in [-0.25, -0.2) is 4.98 Å². The van der Waals surface area contributed by atoms with Gasteiger partial charge in [0.1, 0.15) is 0 Å². The zero-order valence-electron chi connectivity index (χ0n) is 12.4. The highest BCUT2D eigenvalue weighted by atomic mass is 16.3. The van der Waals surface area contributed by atoms with E-state index in [4.69, 9.17) is 0 Å². The normalized spacial score (nSPS) is 17.0. The van der Waals surface area contributed by atoms with E-state index < -0.39 is 0 Å². The van der Waals surface area contributed by atoms with Crippen LogP contribution in [0.2, 0.25) is 0 Å². The summed E-state index contributed by atoms with van der Waals surface area (Å²) in [5, 5.41) is 9.26. The number of aromatic amines is 1. The van der Waals surface area contributed by atoms with Gasteiger partial charge in [-0.15, -0.1) is 0 Å². The molecule has 6 nitrogen and oxygen atoms in total. The Morgan fingerprint density at radius 2 is 2.41 bits per heavy atom. The highest BCUT2D eigenvalue weighted by Gasteiger charge is 2.29. The van der Waals surface area contributed by atoms with Crippen LogP contribution in [-0.2, 0) is 24.2 Å². The number of H-pyrrole nitrogens is 1. The van der Waals surface area contributed by atoms with Crippen molar-refractivity contribution in [1.82, 2.24) is 19.9 Å². The van der Waals surface area contributed by atoms with E-state index in [9.17, 15) is 9.90 Å². The molecule has 2 heterocycles. The van der Waals surface area contributed by atoms with Crippen LogP contribution in [0.1, 0.15) is 23.4 Å². The molecule has 0 radical (unpaired) electrons. The number of pyridine rings is 1. The van der Waals surface area contributed by atoms with E-state index in [0.717, 1.165) is 29.8 Å². The first-order valence-electron chi connectivity index (χ1n) is 7.57. The van der Waals surface area contributed by atoms with Crippen molar-refractivity contribution < 1.29 is 9.90 Å². The Bertz CT molecular complexity index is 626. The number of aliphatic hydroxyl groups excluding tert-OH is 1. The molecule has 1 amide bonds. The Morgan fingerprint density at radius 1 is 1.50 bits per heavy atom. The van der Waals surface area contributed by atoms with Gasteiger partial charge in [0.25, 0.3) is 0 Å². The lowest BCUT2D eigenvalue weighted by Crippen LogP contribution is -2.39. The fourth-order valence-electron chi connectivity index (χ4n) is 2.97. The molecule has 2 aromatic rings. The minimum absolute atomic E-state index is 0.0337. The molecule has 22 heavy (non-hydrogen) atoms. The predicted molar refractivity (Wildman–Crippen MR) is 80.8 cm³/mol. The molecule has 1 atom stereocenters. The number of imidazole rings is 1. The van der Waals surface area contributed by atoms with Crippen LogP contribution in [0, 0.1) is 5.92 Å². The summed E-state index contributed by atoms with van der Waals surface area (Å²) in [4.78, 5) is 26.0. The lowest BCUT2D eigenvalue weighted by Gasteiger charge is -2.28. The average Bonchev–Trinajstić information content (AvgIpc) is 3.02. The van der Waals surface area contributed by atoms with Gasteiger partial charge >= 0.3 is 0 Å². The van der Waals surface area contributed by atoms with Crippen LogP contribution >= 0.6 is 0 Å². The van der Waals surface area contributed by atoms with Gasteiger partial charge < -0.3 is 15.0 Å². The smallest absolute Gasteiger partial charge is 0.226 e. The van der Waals surface area contributed by atoms with Crippen molar-refractivity contribution in [3.8, 4) is 0 Å². The van der Waals surface area contributed by atoms with Crippen molar-refractivity contribution in [3.63, 3.8) is 0 Å². The molecule has 0 fully saturated rings. The predicted octanol–water partition coefficient (Wildman–Crippen LogP) is 0.931. The molecule has 0 spiro atoms. The molecular formula is C16H20N4O2. The largest absolute Gasteiger partial charge is 0.395 e. The second kappa shape index (κ2) is 6.70. The number of carbonyl (C=O) groups excluding carboxylic acids is 1. The van der Waals surface area contributed by atoms with E-state index in [0.29, 0.717) is 19.5 Å². The van der Waals surface area contributed by atoms with E-state index in [-0.39, 0.29) is 18.4 Å². The minimum atomic E-state index is -0.0452. The van der Waals surface area contributed by atoms with Crippen molar-refractivity contribution in [1.29, 1.82) is 0 Å². The number of aliphatic hydroxyl groups is 1. The van der Waals surface area contributed by atoms with E-state index in [1.54, 1.807) is 23.6 Å². The molecule has 3 rings (SSSR count). The Morgan fingerprint density at radius 3 is 3.18 bits per heavy atom. The van der Waals surface area contributed by atoms with Gasteiger partial charge in [-0.1, -0.05) is 6.07 Å². The van der Waals surface area contributed by atoms with E-state index in [1.807, 2.05) is 12.1 Å². The van der Waals surface area contributed by atoms with Gasteiger partial charge in [0.15, 0.2) is 0 Å². The highest BCUT2D eigenvalue weighted by molar-refractivity contribution is 5.79. The molecule has 116 valence electrons.